The predicted octanol–water partition coefficient (Wildman–Crippen LogP) is 16.5. The van der Waals surface area contributed by atoms with Crippen molar-refractivity contribution in [2.24, 2.45) is 0 Å². The minimum atomic E-state index is -0.469. The van der Waals surface area contributed by atoms with Crippen LogP contribution >= 0.6 is 0 Å². The van der Waals surface area contributed by atoms with E-state index in [2.05, 4.69) is 229 Å². The van der Waals surface area contributed by atoms with E-state index in [4.69, 9.17) is 4.42 Å². The van der Waals surface area contributed by atoms with Gasteiger partial charge in [-0.05, 0) is 131 Å². The summed E-state index contributed by atoms with van der Waals surface area (Å²) in [6, 6.07) is 86.7. The normalized spacial score (nSPS) is 12.9. The lowest BCUT2D eigenvalue weighted by atomic mass is 9.68. The third kappa shape index (κ3) is 5.32. The standard InChI is InChI=1S/C61H39NO/c1-2-14-42(15-3-1)61(57-23-11-8-20-52(57)53-21-9-12-24-58(53)61)43-29-33-45(34-30-43)62(46-35-37-51-49-18-5-4-16-47(49)48-17-6-7-19-50(48)56(51)39-46)44-31-26-40(27-32-44)41-28-36-55-54-22-10-13-25-59(54)63-60(55)38-41/h1-39H. The van der Waals surface area contributed by atoms with Crippen molar-refractivity contribution in [3.05, 3.63) is 259 Å². The summed E-state index contributed by atoms with van der Waals surface area (Å²) >= 11 is 0. The molecule has 1 heterocycles. The van der Waals surface area contributed by atoms with Crippen molar-refractivity contribution in [2.75, 3.05) is 4.90 Å². The number of benzene rings is 11. The summed E-state index contributed by atoms with van der Waals surface area (Å²) < 4.78 is 6.30. The van der Waals surface area contributed by atoms with Gasteiger partial charge >= 0.3 is 0 Å². The molecule has 0 bridgehead atoms. The first kappa shape index (κ1) is 35.5. The van der Waals surface area contributed by atoms with Crippen LogP contribution in [0, 0.1) is 0 Å². The monoisotopic (exact) mass is 801 g/mol. The van der Waals surface area contributed by atoms with Crippen molar-refractivity contribution in [3.8, 4) is 22.3 Å². The molecule has 294 valence electrons. The van der Waals surface area contributed by atoms with E-state index in [0.717, 1.165) is 50.1 Å². The molecule has 0 unspecified atom stereocenters. The second-order valence-electron chi connectivity index (χ2n) is 16.8. The molecule has 0 amide bonds. The Balaban J connectivity index is 0.989. The average molecular weight is 802 g/mol. The second-order valence-corrected chi connectivity index (χ2v) is 16.8. The van der Waals surface area contributed by atoms with Crippen molar-refractivity contribution in [3.63, 3.8) is 0 Å². The van der Waals surface area contributed by atoms with Crippen molar-refractivity contribution in [2.45, 2.75) is 5.41 Å². The van der Waals surface area contributed by atoms with Crippen LogP contribution in [0.5, 0.6) is 0 Å². The molecule has 0 radical (unpaired) electrons. The fourth-order valence-corrected chi connectivity index (χ4v) is 10.8. The topological polar surface area (TPSA) is 16.4 Å². The van der Waals surface area contributed by atoms with Crippen molar-refractivity contribution in [1.82, 2.24) is 0 Å². The number of hydrogen-bond donors (Lipinski definition) is 0. The average Bonchev–Trinajstić information content (AvgIpc) is 3.88. The summed E-state index contributed by atoms with van der Waals surface area (Å²) in [4.78, 5) is 2.41. The lowest BCUT2D eigenvalue weighted by molar-refractivity contribution is 0.669. The van der Waals surface area contributed by atoms with Crippen LogP contribution in [0.25, 0.3) is 76.5 Å². The summed E-state index contributed by atoms with van der Waals surface area (Å²) in [6.45, 7) is 0. The lowest BCUT2D eigenvalue weighted by Gasteiger charge is -2.34. The van der Waals surface area contributed by atoms with Crippen LogP contribution in [0.3, 0.4) is 0 Å². The van der Waals surface area contributed by atoms with Crippen molar-refractivity contribution in [1.29, 1.82) is 0 Å². The zero-order valence-electron chi connectivity index (χ0n) is 34.4. The van der Waals surface area contributed by atoms with Crippen molar-refractivity contribution >= 4 is 71.3 Å². The summed E-state index contributed by atoms with van der Waals surface area (Å²) in [6.07, 6.45) is 0. The number of hydrogen-bond acceptors (Lipinski definition) is 2. The Hall–Kier alpha value is -8.20. The minimum absolute atomic E-state index is 0.469. The molecule has 0 saturated carbocycles. The molecule has 1 aliphatic rings. The van der Waals surface area contributed by atoms with Crippen LogP contribution in [0.15, 0.2) is 241 Å². The number of furan rings is 1. The zero-order chi connectivity index (χ0) is 41.5. The van der Waals surface area contributed by atoms with Gasteiger partial charge in [0.15, 0.2) is 0 Å². The Kier molecular flexibility index (Phi) is 7.85. The van der Waals surface area contributed by atoms with Gasteiger partial charge < -0.3 is 9.32 Å². The van der Waals surface area contributed by atoms with E-state index in [1.165, 1.54) is 65.7 Å². The lowest BCUT2D eigenvalue weighted by Crippen LogP contribution is -2.28. The molecule has 0 saturated heterocycles. The smallest absolute Gasteiger partial charge is 0.136 e. The third-order valence-electron chi connectivity index (χ3n) is 13.5. The third-order valence-corrected chi connectivity index (χ3v) is 13.5. The molecular weight excluding hydrogens is 763 g/mol. The van der Waals surface area contributed by atoms with Crippen LogP contribution in [-0.2, 0) is 5.41 Å². The summed E-state index contributed by atoms with van der Waals surface area (Å²) in [5.74, 6) is 0. The molecule has 0 N–H and O–H groups in total. The van der Waals surface area contributed by atoms with E-state index in [1.807, 2.05) is 12.1 Å². The maximum Gasteiger partial charge on any atom is 0.136 e. The highest BCUT2D eigenvalue weighted by Gasteiger charge is 2.45. The van der Waals surface area contributed by atoms with Crippen LogP contribution < -0.4 is 4.90 Å². The molecule has 0 spiro atoms. The summed E-state index contributed by atoms with van der Waals surface area (Å²) in [5, 5.41) is 9.83. The number of rotatable bonds is 6. The maximum atomic E-state index is 6.30. The van der Waals surface area contributed by atoms with E-state index in [1.54, 1.807) is 0 Å². The Bertz CT molecular complexity index is 3650. The number of anilines is 3. The Morgan fingerprint density at radius 3 is 1.38 bits per heavy atom. The molecule has 2 nitrogen and oxygen atoms in total. The first-order valence-corrected chi connectivity index (χ1v) is 21.7. The Labute approximate surface area is 365 Å². The molecule has 11 aromatic carbocycles. The van der Waals surface area contributed by atoms with Gasteiger partial charge in [0, 0.05) is 27.8 Å². The maximum absolute atomic E-state index is 6.30. The molecule has 13 rings (SSSR count). The fraction of sp³-hybridized carbons (Fsp3) is 0.0164. The van der Waals surface area contributed by atoms with Gasteiger partial charge in [0.1, 0.15) is 11.2 Å². The molecule has 0 fully saturated rings. The van der Waals surface area contributed by atoms with Crippen LogP contribution in [0.2, 0.25) is 0 Å². The molecule has 0 aliphatic heterocycles. The first-order chi connectivity index (χ1) is 31.2. The highest BCUT2D eigenvalue weighted by atomic mass is 16.3. The van der Waals surface area contributed by atoms with E-state index >= 15 is 0 Å². The highest BCUT2D eigenvalue weighted by molar-refractivity contribution is 6.25. The van der Waals surface area contributed by atoms with Gasteiger partial charge in [-0.1, -0.05) is 182 Å². The first-order valence-electron chi connectivity index (χ1n) is 21.7. The molecule has 1 aromatic heterocycles. The molecule has 2 heteroatoms. The largest absolute Gasteiger partial charge is 0.456 e. The second kappa shape index (κ2) is 13.9. The fourth-order valence-electron chi connectivity index (χ4n) is 10.8. The van der Waals surface area contributed by atoms with Gasteiger partial charge in [-0.15, -0.1) is 0 Å². The van der Waals surface area contributed by atoms with E-state index in [9.17, 15) is 0 Å². The Morgan fingerprint density at radius 1 is 0.286 bits per heavy atom. The van der Waals surface area contributed by atoms with Gasteiger partial charge in [-0.2, -0.15) is 0 Å². The van der Waals surface area contributed by atoms with Gasteiger partial charge in [0.25, 0.3) is 0 Å². The van der Waals surface area contributed by atoms with E-state index < -0.39 is 5.41 Å². The highest BCUT2D eigenvalue weighted by Crippen LogP contribution is 2.56. The van der Waals surface area contributed by atoms with Crippen LogP contribution in [-0.4, -0.2) is 0 Å². The molecule has 0 atom stereocenters. The summed E-state index contributed by atoms with van der Waals surface area (Å²) in [7, 11) is 0. The van der Waals surface area contributed by atoms with Gasteiger partial charge in [-0.25, -0.2) is 0 Å². The van der Waals surface area contributed by atoms with Crippen LogP contribution in [0.1, 0.15) is 22.3 Å². The van der Waals surface area contributed by atoms with Crippen molar-refractivity contribution < 1.29 is 4.42 Å². The molecule has 1 aliphatic carbocycles. The SMILES string of the molecule is c1ccc(C2(c3ccc(N(c4ccc(-c5ccc6c(c5)oc5ccccc56)cc4)c4ccc5c6ccccc6c6ccccc6c5c4)cc3)c3ccccc3-c3ccccc32)cc1. The molecular formula is C61H39NO. The zero-order valence-corrected chi connectivity index (χ0v) is 34.4. The predicted molar refractivity (Wildman–Crippen MR) is 264 cm³/mol. The van der Waals surface area contributed by atoms with Gasteiger partial charge in [0.05, 0.1) is 5.41 Å². The molecule has 12 aromatic rings. The Morgan fingerprint density at radius 2 is 0.730 bits per heavy atom. The molecule has 63 heavy (non-hydrogen) atoms. The van der Waals surface area contributed by atoms with E-state index in [0.29, 0.717) is 0 Å². The number of nitrogens with zero attached hydrogens (tertiary/aromatic N) is 1. The minimum Gasteiger partial charge on any atom is -0.456 e. The number of fused-ring (bicyclic) bond motifs is 12. The van der Waals surface area contributed by atoms with Gasteiger partial charge in [-0.3, -0.25) is 0 Å². The number of para-hydroxylation sites is 1. The van der Waals surface area contributed by atoms with Crippen LogP contribution in [0.4, 0.5) is 17.1 Å². The van der Waals surface area contributed by atoms with E-state index in [-0.39, 0.29) is 0 Å². The summed E-state index contributed by atoms with van der Waals surface area (Å²) in [5.41, 5.74) is 14.6. The quantitative estimate of drug-likeness (QED) is 0.156. The van der Waals surface area contributed by atoms with Gasteiger partial charge in [0.2, 0.25) is 0 Å².